The lowest BCUT2D eigenvalue weighted by molar-refractivity contribution is 0.138. The fourth-order valence-electron chi connectivity index (χ4n) is 3.01. The summed E-state index contributed by atoms with van der Waals surface area (Å²) in [6.45, 7) is 6.98. The van der Waals surface area contributed by atoms with E-state index < -0.39 is 0 Å². The van der Waals surface area contributed by atoms with E-state index in [-0.39, 0.29) is 12.4 Å². The molecular weight excluding hydrogens is 230 g/mol. The number of nitrogens with zero attached hydrogens (tertiary/aromatic N) is 1. The average Bonchev–Trinajstić information content (AvgIpc) is 2.84. The minimum Gasteiger partial charge on any atom is -0.279 e. The molecule has 3 unspecified atom stereocenters. The van der Waals surface area contributed by atoms with Gasteiger partial charge < -0.3 is 0 Å². The van der Waals surface area contributed by atoms with Crippen molar-refractivity contribution in [3.63, 3.8) is 0 Å². The van der Waals surface area contributed by atoms with Gasteiger partial charge in [-0.05, 0) is 24.0 Å². The lowest BCUT2D eigenvalue weighted by Gasteiger charge is -2.32. The highest BCUT2D eigenvalue weighted by Gasteiger charge is 2.42. The summed E-state index contributed by atoms with van der Waals surface area (Å²) in [5.74, 6) is 0.708. The molecule has 0 aliphatic carbocycles. The first-order valence-corrected chi connectivity index (χ1v) is 6.24. The predicted molar refractivity (Wildman–Crippen MR) is 74.5 cm³/mol. The van der Waals surface area contributed by atoms with Crippen molar-refractivity contribution in [2.45, 2.75) is 38.9 Å². The van der Waals surface area contributed by atoms with E-state index in [0.29, 0.717) is 24.0 Å². The van der Waals surface area contributed by atoms with Gasteiger partial charge >= 0.3 is 0 Å². The Kier molecular flexibility index (Phi) is 3.33. The third kappa shape index (κ3) is 1.73. The minimum absolute atomic E-state index is 0. The third-order valence-electron chi connectivity index (χ3n) is 4.19. The van der Waals surface area contributed by atoms with Crippen molar-refractivity contribution in [3.8, 4) is 0 Å². The van der Waals surface area contributed by atoms with Crippen LogP contribution >= 0.6 is 12.4 Å². The summed E-state index contributed by atoms with van der Waals surface area (Å²) in [6.07, 6.45) is 4.73. The van der Waals surface area contributed by atoms with Gasteiger partial charge in [-0.1, -0.05) is 50.3 Å². The molecule has 0 spiro atoms. The minimum atomic E-state index is 0. The van der Waals surface area contributed by atoms with Crippen molar-refractivity contribution in [1.29, 1.82) is 0 Å². The summed E-state index contributed by atoms with van der Waals surface area (Å²) in [7, 11) is 0. The van der Waals surface area contributed by atoms with Gasteiger partial charge in [0, 0.05) is 6.04 Å². The second-order valence-corrected chi connectivity index (χ2v) is 5.34. The summed E-state index contributed by atoms with van der Waals surface area (Å²) in [6, 6.07) is 10.6. The van der Waals surface area contributed by atoms with Crippen LogP contribution in [-0.2, 0) is 0 Å². The molecule has 0 radical (unpaired) electrons. The number of rotatable bonds is 2. The molecule has 2 heteroatoms. The normalized spacial score (nSPS) is 27.1. The molecule has 0 amide bonds. The topological polar surface area (TPSA) is 3.24 Å². The standard InChI is InChI=1S/C15H19N.ClH/c1-10(2)11(3)16-14-8-9-15(16)13-7-5-4-6-12(13)14;/h4-11,14-15H,1-3H3;1H. The van der Waals surface area contributed by atoms with Gasteiger partial charge in [-0.2, -0.15) is 0 Å². The van der Waals surface area contributed by atoms with Crippen LogP contribution in [0.2, 0.25) is 0 Å². The summed E-state index contributed by atoms with van der Waals surface area (Å²) >= 11 is 0. The van der Waals surface area contributed by atoms with Crippen LogP contribution in [0.4, 0.5) is 0 Å². The van der Waals surface area contributed by atoms with Gasteiger partial charge in [0.25, 0.3) is 0 Å². The van der Waals surface area contributed by atoms with Crippen molar-refractivity contribution in [2.75, 3.05) is 0 Å². The second-order valence-electron chi connectivity index (χ2n) is 5.34. The number of fused-ring (bicyclic) bond motifs is 5. The highest BCUT2D eigenvalue weighted by molar-refractivity contribution is 5.85. The van der Waals surface area contributed by atoms with Gasteiger partial charge in [0.15, 0.2) is 0 Å². The summed E-state index contributed by atoms with van der Waals surface area (Å²) < 4.78 is 0. The Balaban J connectivity index is 0.00000108. The van der Waals surface area contributed by atoms with Gasteiger partial charge in [0.1, 0.15) is 0 Å². The Morgan fingerprint density at radius 1 is 0.941 bits per heavy atom. The summed E-state index contributed by atoms with van der Waals surface area (Å²) in [5, 5.41) is 0. The molecule has 2 bridgehead atoms. The fraction of sp³-hybridized carbons (Fsp3) is 0.467. The first-order chi connectivity index (χ1) is 7.70. The predicted octanol–water partition coefficient (Wildman–Crippen LogP) is 4.12. The van der Waals surface area contributed by atoms with E-state index in [4.69, 9.17) is 0 Å². The van der Waals surface area contributed by atoms with Crippen molar-refractivity contribution in [3.05, 3.63) is 47.5 Å². The molecule has 3 rings (SSSR count). The van der Waals surface area contributed by atoms with E-state index >= 15 is 0 Å². The molecular formula is C15H20ClN. The molecule has 0 aromatic heterocycles. The molecule has 2 heterocycles. The highest BCUT2D eigenvalue weighted by Crippen LogP contribution is 2.50. The van der Waals surface area contributed by atoms with Crippen LogP contribution in [0.25, 0.3) is 0 Å². The number of benzene rings is 1. The van der Waals surface area contributed by atoms with Gasteiger partial charge in [0.2, 0.25) is 0 Å². The van der Waals surface area contributed by atoms with Crippen LogP contribution in [0.5, 0.6) is 0 Å². The van der Waals surface area contributed by atoms with Crippen LogP contribution in [0.3, 0.4) is 0 Å². The van der Waals surface area contributed by atoms with Crippen LogP contribution in [0.15, 0.2) is 36.4 Å². The first-order valence-electron chi connectivity index (χ1n) is 6.24. The van der Waals surface area contributed by atoms with E-state index in [1.165, 1.54) is 11.1 Å². The summed E-state index contributed by atoms with van der Waals surface area (Å²) in [5.41, 5.74) is 3.03. The Labute approximate surface area is 110 Å². The molecule has 2 aliphatic heterocycles. The van der Waals surface area contributed by atoms with Crippen LogP contribution in [0.1, 0.15) is 44.0 Å². The maximum Gasteiger partial charge on any atom is 0.0547 e. The Hall–Kier alpha value is -0.790. The van der Waals surface area contributed by atoms with Gasteiger partial charge in [-0.15, -0.1) is 12.4 Å². The summed E-state index contributed by atoms with van der Waals surface area (Å²) in [4.78, 5) is 2.65. The molecule has 92 valence electrons. The lowest BCUT2D eigenvalue weighted by atomic mass is 9.97. The molecule has 0 saturated heterocycles. The zero-order valence-corrected chi connectivity index (χ0v) is 11.4. The maximum absolute atomic E-state index is 2.65. The first kappa shape index (κ1) is 12.7. The molecule has 2 aliphatic rings. The zero-order chi connectivity index (χ0) is 11.3. The lowest BCUT2D eigenvalue weighted by Crippen LogP contribution is -2.34. The van der Waals surface area contributed by atoms with Crippen molar-refractivity contribution in [1.82, 2.24) is 4.90 Å². The average molecular weight is 250 g/mol. The fourth-order valence-corrected chi connectivity index (χ4v) is 3.01. The molecule has 1 nitrogen and oxygen atoms in total. The van der Waals surface area contributed by atoms with Gasteiger partial charge in [-0.25, -0.2) is 0 Å². The SMILES string of the molecule is CC(C)C(C)N1C2C=CC1c1ccccc12.Cl. The maximum atomic E-state index is 2.65. The third-order valence-corrected chi connectivity index (χ3v) is 4.19. The Morgan fingerprint density at radius 3 is 1.82 bits per heavy atom. The van der Waals surface area contributed by atoms with Crippen molar-refractivity contribution in [2.24, 2.45) is 5.92 Å². The zero-order valence-electron chi connectivity index (χ0n) is 10.6. The van der Waals surface area contributed by atoms with Crippen LogP contribution in [-0.4, -0.2) is 10.9 Å². The van der Waals surface area contributed by atoms with Gasteiger partial charge in [-0.3, -0.25) is 4.90 Å². The number of hydrogen-bond donors (Lipinski definition) is 0. The largest absolute Gasteiger partial charge is 0.279 e. The second kappa shape index (κ2) is 4.47. The molecule has 0 fully saturated rings. The van der Waals surface area contributed by atoms with E-state index in [1.54, 1.807) is 0 Å². The molecule has 3 atom stereocenters. The molecule has 1 aromatic rings. The Morgan fingerprint density at radius 2 is 1.41 bits per heavy atom. The van der Waals surface area contributed by atoms with Crippen molar-refractivity contribution >= 4 is 12.4 Å². The molecule has 0 N–H and O–H groups in total. The quantitative estimate of drug-likeness (QED) is 0.713. The van der Waals surface area contributed by atoms with E-state index in [2.05, 4.69) is 62.1 Å². The van der Waals surface area contributed by atoms with Crippen molar-refractivity contribution < 1.29 is 0 Å². The Bertz CT molecular complexity index is 405. The number of hydrogen-bond acceptors (Lipinski definition) is 1. The van der Waals surface area contributed by atoms with E-state index in [0.717, 1.165) is 0 Å². The van der Waals surface area contributed by atoms with E-state index in [1.807, 2.05) is 0 Å². The molecule has 0 saturated carbocycles. The van der Waals surface area contributed by atoms with Gasteiger partial charge in [0.05, 0.1) is 12.1 Å². The van der Waals surface area contributed by atoms with Crippen LogP contribution in [0, 0.1) is 5.92 Å². The molecule has 1 aromatic carbocycles. The van der Waals surface area contributed by atoms with Crippen LogP contribution < -0.4 is 0 Å². The highest BCUT2D eigenvalue weighted by atomic mass is 35.5. The smallest absolute Gasteiger partial charge is 0.0547 e. The number of halogens is 1. The van der Waals surface area contributed by atoms with E-state index in [9.17, 15) is 0 Å². The molecule has 17 heavy (non-hydrogen) atoms. The monoisotopic (exact) mass is 249 g/mol.